The molecule has 4 nitrogen and oxygen atoms in total. The van der Waals surface area contributed by atoms with E-state index in [0.717, 1.165) is 5.92 Å². The zero-order valence-electron chi connectivity index (χ0n) is 12.1. The molecule has 4 heteroatoms. The standard InChI is InChI=1S/C15H26N4/c1-11-5-6-18(12(2)7-11)14(8-16)15-9-17-10-19(15)13-3-4-13/h9-14H,3-8,16H2,1-2H3. The predicted molar refractivity (Wildman–Crippen MR) is 76.9 cm³/mol. The highest BCUT2D eigenvalue weighted by Crippen LogP contribution is 2.38. The van der Waals surface area contributed by atoms with Crippen LogP contribution in [0.5, 0.6) is 0 Å². The van der Waals surface area contributed by atoms with Crippen LogP contribution in [-0.4, -0.2) is 33.6 Å². The number of nitrogens with two attached hydrogens (primary N) is 1. The Morgan fingerprint density at radius 3 is 2.79 bits per heavy atom. The molecule has 1 aliphatic heterocycles. The van der Waals surface area contributed by atoms with Gasteiger partial charge in [-0.1, -0.05) is 6.92 Å². The normalized spacial score (nSPS) is 30.5. The highest BCUT2D eigenvalue weighted by molar-refractivity contribution is 5.11. The summed E-state index contributed by atoms with van der Waals surface area (Å²) in [7, 11) is 0. The van der Waals surface area contributed by atoms with Crippen molar-refractivity contribution in [3.05, 3.63) is 18.2 Å². The van der Waals surface area contributed by atoms with Gasteiger partial charge in [0.05, 0.1) is 18.1 Å². The van der Waals surface area contributed by atoms with E-state index in [1.54, 1.807) is 0 Å². The van der Waals surface area contributed by atoms with Crippen LogP contribution in [0.15, 0.2) is 12.5 Å². The van der Waals surface area contributed by atoms with E-state index < -0.39 is 0 Å². The molecule has 19 heavy (non-hydrogen) atoms. The van der Waals surface area contributed by atoms with Crippen LogP contribution in [0.3, 0.4) is 0 Å². The third-order valence-corrected chi connectivity index (χ3v) is 4.79. The topological polar surface area (TPSA) is 47.1 Å². The van der Waals surface area contributed by atoms with Crippen LogP contribution in [0.4, 0.5) is 0 Å². The summed E-state index contributed by atoms with van der Waals surface area (Å²) >= 11 is 0. The van der Waals surface area contributed by atoms with E-state index in [1.165, 1.54) is 37.9 Å². The highest BCUT2D eigenvalue weighted by Gasteiger charge is 2.33. The van der Waals surface area contributed by atoms with Crippen molar-refractivity contribution in [2.24, 2.45) is 11.7 Å². The molecule has 3 rings (SSSR count). The molecule has 3 atom stereocenters. The molecule has 2 heterocycles. The fourth-order valence-electron chi connectivity index (χ4n) is 3.55. The Hall–Kier alpha value is -0.870. The molecule has 106 valence electrons. The van der Waals surface area contributed by atoms with Gasteiger partial charge in [-0.15, -0.1) is 0 Å². The number of nitrogens with zero attached hydrogens (tertiary/aromatic N) is 3. The van der Waals surface area contributed by atoms with Gasteiger partial charge in [0, 0.05) is 24.8 Å². The Bertz CT molecular complexity index is 424. The van der Waals surface area contributed by atoms with Crippen molar-refractivity contribution in [1.82, 2.24) is 14.5 Å². The van der Waals surface area contributed by atoms with Crippen molar-refractivity contribution in [3.63, 3.8) is 0 Å². The summed E-state index contributed by atoms with van der Waals surface area (Å²) in [6.07, 6.45) is 9.19. The molecule has 0 amide bonds. The van der Waals surface area contributed by atoms with Gasteiger partial charge in [0.25, 0.3) is 0 Å². The van der Waals surface area contributed by atoms with Crippen LogP contribution < -0.4 is 5.73 Å². The molecule has 3 unspecified atom stereocenters. The summed E-state index contributed by atoms with van der Waals surface area (Å²) in [5.41, 5.74) is 7.42. The lowest BCUT2D eigenvalue weighted by molar-refractivity contribution is 0.0810. The first-order chi connectivity index (χ1) is 9.20. The number of hydrogen-bond acceptors (Lipinski definition) is 3. The first-order valence-corrected chi connectivity index (χ1v) is 7.68. The van der Waals surface area contributed by atoms with Gasteiger partial charge in [-0.2, -0.15) is 0 Å². The minimum absolute atomic E-state index is 0.339. The highest BCUT2D eigenvalue weighted by atomic mass is 15.2. The molecule has 0 aromatic carbocycles. The fourth-order valence-corrected chi connectivity index (χ4v) is 3.55. The summed E-state index contributed by atoms with van der Waals surface area (Å²) in [4.78, 5) is 6.96. The lowest BCUT2D eigenvalue weighted by atomic mass is 9.91. The molecule has 2 aliphatic rings. The summed E-state index contributed by atoms with van der Waals surface area (Å²) in [5, 5.41) is 0. The SMILES string of the molecule is CC1CCN(C(CN)c2cncn2C2CC2)C(C)C1. The van der Waals surface area contributed by atoms with Crippen molar-refractivity contribution in [2.75, 3.05) is 13.1 Å². The number of aromatic nitrogens is 2. The predicted octanol–water partition coefficient (Wildman–Crippen LogP) is 2.34. The van der Waals surface area contributed by atoms with Gasteiger partial charge in [-0.05, 0) is 45.1 Å². The number of piperidine rings is 1. The molecular formula is C15H26N4. The molecule has 2 fully saturated rings. The zero-order valence-corrected chi connectivity index (χ0v) is 12.1. The molecule has 0 spiro atoms. The molecule has 2 N–H and O–H groups in total. The maximum Gasteiger partial charge on any atom is 0.0951 e. The Kier molecular flexibility index (Phi) is 3.63. The van der Waals surface area contributed by atoms with Gasteiger partial charge in [0.1, 0.15) is 0 Å². The number of imidazole rings is 1. The number of likely N-dealkylation sites (tertiary alicyclic amines) is 1. The molecule has 1 saturated heterocycles. The molecular weight excluding hydrogens is 236 g/mol. The Balaban J connectivity index is 1.81. The Labute approximate surface area is 116 Å². The van der Waals surface area contributed by atoms with Gasteiger partial charge in [-0.3, -0.25) is 4.90 Å². The molecule has 1 aromatic rings. The van der Waals surface area contributed by atoms with Gasteiger partial charge < -0.3 is 10.3 Å². The van der Waals surface area contributed by atoms with Crippen LogP contribution in [0.1, 0.15) is 57.3 Å². The van der Waals surface area contributed by atoms with E-state index in [4.69, 9.17) is 5.73 Å². The lowest BCUT2D eigenvalue weighted by Gasteiger charge is -2.41. The van der Waals surface area contributed by atoms with Crippen molar-refractivity contribution < 1.29 is 0 Å². The average Bonchev–Trinajstić information content (AvgIpc) is 3.12. The largest absolute Gasteiger partial charge is 0.330 e. The minimum atomic E-state index is 0.339. The van der Waals surface area contributed by atoms with E-state index >= 15 is 0 Å². The average molecular weight is 262 g/mol. The van der Waals surface area contributed by atoms with Gasteiger partial charge >= 0.3 is 0 Å². The van der Waals surface area contributed by atoms with Crippen molar-refractivity contribution >= 4 is 0 Å². The fraction of sp³-hybridized carbons (Fsp3) is 0.800. The molecule has 1 aromatic heterocycles. The Morgan fingerprint density at radius 1 is 1.37 bits per heavy atom. The van der Waals surface area contributed by atoms with E-state index in [0.29, 0.717) is 24.7 Å². The first-order valence-electron chi connectivity index (χ1n) is 7.68. The van der Waals surface area contributed by atoms with Crippen LogP contribution in [0, 0.1) is 5.92 Å². The maximum absolute atomic E-state index is 6.10. The van der Waals surface area contributed by atoms with Crippen molar-refractivity contribution in [3.8, 4) is 0 Å². The van der Waals surface area contributed by atoms with Crippen LogP contribution in [0.2, 0.25) is 0 Å². The molecule has 0 bridgehead atoms. The third kappa shape index (κ3) is 2.56. The van der Waals surface area contributed by atoms with Crippen LogP contribution in [0.25, 0.3) is 0 Å². The Morgan fingerprint density at radius 2 is 2.16 bits per heavy atom. The smallest absolute Gasteiger partial charge is 0.0951 e. The summed E-state index contributed by atoms with van der Waals surface area (Å²) < 4.78 is 2.36. The monoisotopic (exact) mass is 262 g/mol. The van der Waals surface area contributed by atoms with Crippen molar-refractivity contribution in [2.45, 2.75) is 57.7 Å². The second-order valence-electron chi connectivity index (χ2n) is 6.42. The summed E-state index contributed by atoms with van der Waals surface area (Å²) in [5.74, 6) is 0.845. The first kappa shape index (κ1) is 13.1. The van der Waals surface area contributed by atoms with Crippen LogP contribution >= 0.6 is 0 Å². The van der Waals surface area contributed by atoms with Crippen LogP contribution in [-0.2, 0) is 0 Å². The number of hydrogen-bond donors (Lipinski definition) is 1. The molecule has 1 aliphatic carbocycles. The van der Waals surface area contributed by atoms with Gasteiger partial charge in [-0.25, -0.2) is 4.98 Å². The summed E-state index contributed by atoms with van der Waals surface area (Å²) in [6, 6.07) is 1.65. The number of rotatable bonds is 4. The molecule has 1 saturated carbocycles. The van der Waals surface area contributed by atoms with Gasteiger partial charge in [0.2, 0.25) is 0 Å². The molecule has 0 radical (unpaired) electrons. The van der Waals surface area contributed by atoms with E-state index in [1.807, 2.05) is 12.5 Å². The van der Waals surface area contributed by atoms with E-state index in [2.05, 4.69) is 28.3 Å². The van der Waals surface area contributed by atoms with E-state index in [9.17, 15) is 0 Å². The third-order valence-electron chi connectivity index (χ3n) is 4.79. The minimum Gasteiger partial charge on any atom is -0.330 e. The quantitative estimate of drug-likeness (QED) is 0.906. The van der Waals surface area contributed by atoms with E-state index in [-0.39, 0.29) is 0 Å². The maximum atomic E-state index is 6.10. The van der Waals surface area contributed by atoms with Gasteiger partial charge in [0.15, 0.2) is 0 Å². The lowest BCUT2D eigenvalue weighted by Crippen LogP contribution is -2.45. The summed E-state index contributed by atoms with van der Waals surface area (Å²) in [6.45, 7) is 6.56. The second-order valence-corrected chi connectivity index (χ2v) is 6.42. The second kappa shape index (κ2) is 5.25. The van der Waals surface area contributed by atoms with Crippen molar-refractivity contribution in [1.29, 1.82) is 0 Å². The zero-order chi connectivity index (χ0) is 13.4.